The van der Waals surface area contributed by atoms with Crippen LogP contribution in [-0.4, -0.2) is 20.8 Å². The summed E-state index contributed by atoms with van der Waals surface area (Å²) in [7, 11) is 0. The maximum absolute atomic E-state index is 11.5. The molecule has 0 amide bonds. The minimum absolute atomic E-state index is 0.0851. The summed E-state index contributed by atoms with van der Waals surface area (Å²) in [6, 6.07) is 4.83. The molecule has 6 heteroatoms. The van der Waals surface area contributed by atoms with Gasteiger partial charge in [-0.25, -0.2) is 4.68 Å². The van der Waals surface area contributed by atoms with E-state index in [2.05, 4.69) is 5.10 Å². The molecule has 0 radical (unpaired) electrons. The molecule has 1 N–H and O–H groups in total. The van der Waals surface area contributed by atoms with E-state index in [1.807, 2.05) is 6.07 Å². The minimum Gasteiger partial charge on any atom is -0.506 e. The molecule has 0 atom stereocenters. The van der Waals surface area contributed by atoms with Crippen molar-refractivity contribution in [3.63, 3.8) is 0 Å². The van der Waals surface area contributed by atoms with E-state index in [1.165, 1.54) is 17.7 Å². The fourth-order valence-electron chi connectivity index (χ4n) is 2.21. The average Bonchev–Trinajstić information content (AvgIpc) is 2.67. The molecule has 0 aliphatic heterocycles. The molecule has 102 valence electrons. The lowest BCUT2D eigenvalue weighted by atomic mass is 10.00. The molecule has 0 bridgehead atoms. The number of hydrogen-bond acceptors (Lipinski definition) is 4. The van der Waals surface area contributed by atoms with E-state index in [4.69, 9.17) is 16.9 Å². The molecule has 1 heterocycles. The summed E-state index contributed by atoms with van der Waals surface area (Å²) >= 11 is 5.97. The molecule has 5 nitrogen and oxygen atoms in total. The highest BCUT2D eigenvalue weighted by atomic mass is 35.5. The van der Waals surface area contributed by atoms with Crippen molar-refractivity contribution in [3.8, 4) is 22.9 Å². The zero-order valence-corrected chi connectivity index (χ0v) is 12.0. The summed E-state index contributed by atoms with van der Waals surface area (Å²) in [5.41, 5.74) is 2.27. The lowest BCUT2D eigenvalue weighted by molar-refractivity contribution is 0.0918. The van der Waals surface area contributed by atoms with E-state index >= 15 is 0 Å². The zero-order chi connectivity index (χ0) is 15.0. The van der Waals surface area contributed by atoms with Gasteiger partial charge in [0.1, 0.15) is 11.8 Å². The van der Waals surface area contributed by atoms with Crippen molar-refractivity contribution in [2.24, 2.45) is 0 Å². The number of aromatic hydroxyl groups is 1. The van der Waals surface area contributed by atoms with Crippen LogP contribution < -0.4 is 0 Å². The van der Waals surface area contributed by atoms with Gasteiger partial charge >= 0.3 is 0 Å². The number of nitrogens with zero attached hydrogens (tertiary/aromatic N) is 3. The summed E-state index contributed by atoms with van der Waals surface area (Å²) in [5, 5.41) is 23.6. The molecule has 0 aliphatic carbocycles. The Morgan fingerprint density at radius 2 is 2.10 bits per heavy atom. The highest BCUT2D eigenvalue weighted by Gasteiger charge is 2.20. The Hall–Kier alpha value is -2.32. The first-order chi connectivity index (χ1) is 9.36. The van der Waals surface area contributed by atoms with Crippen LogP contribution in [0.4, 0.5) is 0 Å². The van der Waals surface area contributed by atoms with Crippen molar-refractivity contribution in [2.45, 2.75) is 20.8 Å². The monoisotopic (exact) mass is 289 g/mol. The van der Waals surface area contributed by atoms with E-state index in [0.717, 1.165) is 0 Å². The Kier molecular flexibility index (Phi) is 3.51. The van der Waals surface area contributed by atoms with Gasteiger partial charge in [-0.3, -0.25) is 4.79 Å². The van der Waals surface area contributed by atoms with Crippen LogP contribution in [0.3, 0.4) is 0 Å². The molecular formula is C14H12ClN3O2. The standard InChI is InChI=1S/C14H12ClN3O2/c1-7-13(8(2)18(17-7)9(3)19)12-5-11(15)4-10(6-16)14(12)20/h4-5,20H,1-3H3. The Labute approximate surface area is 121 Å². The summed E-state index contributed by atoms with van der Waals surface area (Å²) in [5.74, 6) is -0.384. The molecule has 0 unspecified atom stereocenters. The smallest absolute Gasteiger partial charge is 0.243 e. The highest BCUT2D eigenvalue weighted by Crippen LogP contribution is 2.38. The summed E-state index contributed by atoms with van der Waals surface area (Å²) < 4.78 is 1.26. The number of rotatable bonds is 1. The first-order valence-corrected chi connectivity index (χ1v) is 6.24. The van der Waals surface area contributed by atoms with E-state index in [9.17, 15) is 9.90 Å². The Bertz CT molecular complexity index is 757. The third-order valence-corrected chi connectivity index (χ3v) is 3.27. The van der Waals surface area contributed by atoms with Crippen molar-refractivity contribution in [3.05, 3.63) is 34.1 Å². The molecule has 0 aliphatic rings. The molecule has 1 aromatic heterocycles. The van der Waals surface area contributed by atoms with Crippen LogP contribution in [0, 0.1) is 25.2 Å². The zero-order valence-electron chi connectivity index (χ0n) is 11.2. The van der Waals surface area contributed by atoms with Gasteiger partial charge in [0.05, 0.1) is 17.0 Å². The van der Waals surface area contributed by atoms with Crippen LogP contribution in [0.1, 0.15) is 28.7 Å². The van der Waals surface area contributed by atoms with Crippen molar-refractivity contribution >= 4 is 17.5 Å². The quantitative estimate of drug-likeness (QED) is 0.875. The topological polar surface area (TPSA) is 78.9 Å². The molecule has 0 spiro atoms. The van der Waals surface area contributed by atoms with Gasteiger partial charge in [-0.05, 0) is 26.0 Å². The van der Waals surface area contributed by atoms with Gasteiger partial charge in [-0.1, -0.05) is 11.6 Å². The third-order valence-electron chi connectivity index (χ3n) is 3.05. The number of phenols is 1. The first kappa shape index (κ1) is 14.1. The molecule has 2 rings (SSSR count). The van der Waals surface area contributed by atoms with Crippen molar-refractivity contribution in [2.75, 3.05) is 0 Å². The van der Waals surface area contributed by atoms with E-state index in [0.29, 0.717) is 27.5 Å². The second-order valence-corrected chi connectivity index (χ2v) is 4.87. The molecule has 2 aromatic rings. The van der Waals surface area contributed by atoms with Gasteiger partial charge in [0, 0.05) is 23.1 Å². The highest BCUT2D eigenvalue weighted by molar-refractivity contribution is 6.31. The molecule has 20 heavy (non-hydrogen) atoms. The number of carbonyl (C=O) groups is 1. The Balaban J connectivity index is 2.79. The molecule has 1 aromatic carbocycles. The predicted octanol–water partition coefficient (Wildman–Crippen LogP) is 3.06. The van der Waals surface area contributed by atoms with Crippen molar-refractivity contribution in [1.29, 1.82) is 5.26 Å². The normalized spacial score (nSPS) is 10.3. The fraction of sp³-hybridized carbons (Fsp3) is 0.214. The minimum atomic E-state index is -0.223. The third kappa shape index (κ3) is 2.15. The average molecular weight is 290 g/mol. The van der Waals surface area contributed by atoms with Gasteiger partial charge in [-0.15, -0.1) is 0 Å². The number of benzene rings is 1. The number of hydrogen-bond donors (Lipinski definition) is 1. The number of aromatic nitrogens is 2. The van der Waals surface area contributed by atoms with Crippen LogP contribution in [-0.2, 0) is 0 Å². The predicted molar refractivity (Wildman–Crippen MR) is 74.8 cm³/mol. The van der Waals surface area contributed by atoms with Crippen molar-refractivity contribution < 1.29 is 9.90 Å². The van der Waals surface area contributed by atoms with E-state index < -0.39 is 0 Å². The number of nitriles is 1. The molecule has 0 saturated carbocycles. The van der Waals surface area contributed by atoms with Gasteiger partial charge in [0.15, 0.2) is 0 Å². The van der Waals surface area contributed by atoms with Gasteiger partial charge < -0.3 is 5.11 Å². The maximum Gasteiger partial charge on any atom is 0.243 e. The van der Waals surface area contributed by atoms with E-state index in [-0.39, 0.29) is 17.2 Å². The maximum atomic E-state index is 11.5. The summed E-state index contributed by atoms with van der Waals surface area (Å²) in [4.78, 5) is 11.5. The second kappa shape index (κ2) is 4.99. The van der Waals surface area contributed by atoms with Crippen molar-refractivity contribution in [1.82, 2.24) is 9.78 Å². The van der Waals surface area contributed by atoms with E-state index in [1.54, 1.807) is 19.9 Å². The Morgan fingerprint density at radius 3 is 2.60 bits per heavy atom. The summed E-state index contributed by atoms with van der Waals surface area (Å²) in [6.07, 6.45) is 0. The molecule has 0 fully saturated rings. The van der Waals surface area contributed by atoms with Crippen LogP contribution >= 0.6 is 11.6 Å². The Morgan fingerprint density at radius 1 is 1.45 bits per heavy atom. The van der Waals surface area contributed by atoms with Crippen LogP contribution in [0.5, 0.6) is 5.75 Å². The van der Waals surface area contributed by atoms with Crippen LogP contribution in [0.2, 0.25) is 5.02 Å². The number of carbonyl (C=O) groups excluding carboxylic acids is 1. The van der Waals surface area contributed by atoms with Gasteiger partial charge in [0.25, 0.3) is 0 Å². The fourth-order valence-corrected chi connectivity index (χ4v) is 2.43. The van der Waals surface area contributed by atoms with Gasteiger partial charge in [-0.2, -0.15) is 10.4 Å². The number of aryl methyl sites for hydroxylation is 1. The molecular weight excluding hydrogens is 278 g/mol. The van der Waals surface area contributed by atoms with Gasteiger partial charge in [0.2, 0.25) is 5.91 Å². The molecule has 0 saturated heterocycles. The number of halogens is 1. The van der Waals surface area contributed by atoms with Crippen LogP contribution in [0.25, 0.3) is 11.1 Å². The first-order valence-electron chi connectivity index (χ1n) is 5.87. The largest absolute Gasteiger partial charge is 0.506 e. The number of phenolic OH excluding ortho intramolecular Hbond substituents is 1. The second-order valence-electron chi connectivity index (χ2n) is 4.44. The lowest BCUT2D eigenvalue weighted by Gasteiger charge is -2.08. The van der Waals surface area contributed by atoms with Crippen LogP contribution in [0.15, 0.2) is 12.1 Å². The lowest BCUT2D eigenvalue weighted by Crippen LogP contribution is -2.09. The SMILES string of the molecule is CC(=O)n1nc(C)c(-c2cc(Cl)cc(C#N)c2O)c1C. The summed E-state index contributed by atoms with van der Waals surface area (Å²) in [6.45, 7) is 4.86.